The molecule has 0 rings (SSSR count). The van der Waals surface area contributed by atoms with E-state index in [1.807, 2.05) is 0 Å². The fourth-order valence-corrected chi connectivity index (χ4v) is 0. The molecule has 0 aliphatic carbocycles. The van der Waals surface area contributed by atoms with Crippen LogP contribution in [0.2, 0.25) is 0 Å². The van der Waals surface area contributed by atoms with Crippen molar-refractivity contribution in [3.05, 3.63) is 0 Å². The molecular formula is C3H8N2O. The van der Waals surface area contributed by atoms with Gasteiger partial charge >= 0.3 is 0 Å². The van der Waals surface area contributed by atoms with E-state index in [2.05, 4.69) is 10.7 Å². The largest absolute Gasteiger partial charge is 0.308 e. The van der Waals surface area contributed by atoms with Crippen molar-refractivity contribution in [2.45, 2.75) is 6.92 Å². The first-order valence-corrected chi connectivity index (χ1v) is 1.37. The summed E-state index contributed by atoms with van der Waals surface area (Å²) in [5.74, 6) is 4.35. The van der Waals surface area contributed by atoms with E-state index in [9.17, 15) is 0 Å². The Morgan fingerprint density at radius 2 is 1.83 bits per heavy atom. The van der Waals surface area contributed by atoms with E-state index in [1.54, 1.807) is 6.07 Å². The molecule has 0 aliphatic rings. The highest BCUT2D eigenvalue weighted by atomic mass is 16.6. The molecule has 0 heterocycles. The van der Waals surface area contributed by atoms with Gasteiger partial charge in [0.1, 0.15) is 0 Å². The van der Waals surface area contributed by atoms with E-state index >= 15 is 0 Å². The normalized spacial score (nSPS) is 4.33. The van der Waals surface area contributed by atoms with Crippen molar-refractivity contribution in [2.24, 2.45) is 5.90 Å². The smallest absolute Gasteiger partial charge is 0.0587 e. The molecule has 3 nitrogen and oxygen atoms in total. The lowest BCUT2D eigenvalue weighted by molar-refractivity contribution is 0.206. The third kappa shape index (κ3) is 56.9. The van der Waals surface area contributed by atoms with E-state index in [4.69, 9.17) is 5.26 Å². The molecule has 0 bridgehead atoms. The Hall–Kier alpha value is -0.590. The summed E-state index contributed by atoms with van der Waals surface area (Å²) in [5, 5.41) is 7.32. The highest BCUT2D eigenvalue weighted by Crippen LogP contribution is 1.21. The number of hydrogen-bond donors (Lipinski definition) is 1. The number of nitrogens with zero attached hydrogens (tertiary/aromatic N) is 1. The monoisotopic (exact) mass is 88.1 g/mol. The molecule has 0 saturated heterocycles. The number of rotatable bonds is 0. The van der Waals surface area contributed by atoms with Crippen LogP contribution in [0.25, 0.3) is 0 Å². The van der Waals surface area contributed by atoms with Gasteiger partial charge in [0.05, 0.1) is 13.2 Å². The second-order valence-electron chi connectivity index (χ2n) is 0.459. The predicted molar refractivity (Wildman–Crippen MR) is 22.5 cm³/mol. The van der Waals surface area contributed by atoms with Gasteiger partial charge in [0.2, 0.25) is 0 Å². The van der Waals surface area contributed by atoms with Crippen molar-refractivity contribution in [3.63, 3.8) is 0 Å². The highest BCUT2D eigenvalue weighted by Gasteiger charge is 1.23. The van der Waals surface area contributed by atoms with Crippen molar-refractivity contribution in [3.8, 4) is 6.07 Å². The van der Waals surface area contributed by atoms with E-state index < -0.39 is 0 Å². The Morgan fingerprint density at radius 3 is 1.83 bits per heavy atom. The third-order valence-electron chi connectivity index (χ3n) is 0. The van der Waals surface area contributed by atoms with Crippen LogP contribution in [0.15, 0.2) is 0 Å². The topological polar surface area (TPSA) is 59.0 Å². The zero-order chi connectivity index (χ0) is 5.41. The van der Waals surface area contributed by atoms with Crippen LogP contribution in [0.3, 0.4) is 0 Å². The van der Waals surface area contributed by atoms with Crippen molar-refractivity contribution in [1.82, 2.24) is 0 Å². The first-order chi connectivity index (χ1) is 2.83. The van der Waals surface area contributed by atoms with Crippen LogP contribution < -0.4 is 5.90 Å². The summed E-state index contributed by atoms with van der Waals surface area (Å²) in [4.78, 5) is 3.75. The molecule has 0 unspecified atom stereocenters. The van der Waals surface area contributed by atoms with Crippen LogP contribution in [-0.2, 0) is 4.84 Å². The van der Waals surface area contributed by atoms with Gasteiger partial charge in [-0.3, -0.25) is 0 Å². The molecule has 6 heavy (non-hydrogen) atoms. The molecule has 2 N–H and O–H groups in total. The molecule has 0 aromatic heterocycles. The maximum absolute atomic E-state index is 7.32. The molecule has 0 saturated carbocycles. The lowest BCUT2D eigenvalue weighted by Crippen LogP contribution is -1.86. The summed E-state index contributed by atoms with van der Waals surface area (Å²) in [6.45, 7) is 1.43. The second-order valence-corrected chi connectivity index (χ2v) is 0.459. The summed E-state index contributed by atoms with van der Waals surface area (Å²) in [6, 6.07) is 1.75. The second kappa shape index (κ2) is 25.8. The van der Waals surface area contributed by atoms with Crippen LogP contribution in [0, 0.1) is 11.3 Å². The van der Waals surface area contributed by atoms with E-state index in [1.165, 1.54) is 14.0 Å². The number of nitrogens with two attached hydrogens (primary N) is 1. The molecule has 0 amide bonds. The quantitative estimate of drug-likeness (QED) is 0.425. The third-order valence-corrected chi connectivity index (χ3v) is 0. The zero-order valence-corrected chi connectivity index (χ0v) is 3.93. The minimum atomic E-state index is 1.40. The van der Waals surface area contributed by atoms with Gasteiger partial charge < -0.3 is 4.84 Å². The SMILES string of the molecule is CC#N.CON. The lowest BCUT2D eigenvalue weighted by Gasteiger charge is -1.62. The van der Waals surface area contributed by atoms with Gasteiger partial charge in [0, 0.05) is 6.92 Å². The van der Waals surface area contributed by atoms with Gasteiger partial charge in [-0.1, -0.05) is 0 Å². The maximum Gasteiger partial charge on any atom is 0.0587 e. The fraction of sp³-hybridized carbons (Fsp3) is 0.667. The summed E-state index contributed by atoms with van der Waals surface area (Å²) in [6.07, 6.45) is 0. The van der Waals surface area contributed by atoms with Gasteiger partial charge in [0.15, 0.2) is 0 Å². The fourth-order valence-electron chi connectivity index (χ4n) is 0. The Labute approximate surface area is 37.3 Å². The molecular weight excluding hydrogens is 80.0 g/mol. The number of hydrogen-bond acceptors (Lipinski definition) is 3. The Morgan fingerprint density at radius 1 is 1.83 bits per heavy atom. The van der Waals surface area contributed by atoms with Crippen molar-refractivity contribution >= 4 is 0 Å². The van der Waals surface area contributed by atoms with Crippen molar-refractivity contribution < 1.29 is 4.84 Å². The summed E-state index contributed by atoms with van der Waals surface area (Å²) in [7, 11) is 1.40. The Kier molecular flexibility index (Phi) is 38.9. The summed E-state index contributed by atoms with van der Waals surface area (Å²) >= 11 is 0. The number of nitriles is 1. The molecule has 0 aliphatic heterocycles. The summed E-state index contributed by atoms with van der Waals surface area (Å²) < 4.78 is 0. The average Bonchev–Trinajstić information content (AvgIpc) is 1.39. The molecule has 0 aromatic rings. The van der Waals surface area contributed by atoms with Crippen LogP contribution >= 0.6 is 0 Å². The first kappa shape index (κ1) is 9.05. The average molecular weight is 88.1 g/mol. The minimum Gasteiger partial charge on any atom is -0.308 e. The van der Waals surface area contributed by atoms with Gasteiger partial charge in [0.25, 0.3) is 0 Å². The molecule has 3 heteroatoms. The highest BCUT2D eigenvalue weighted by molar-refractivity contribution is 4.51. The molecule has 36 valence electrons. The zero-order valence-electron chi connectivity index (χ0n) is 3.93. The van der Waals surface area contributed by atoms with Crippen LogP contribution in [0.1, 0.15) is 6.92 Å². The van der Waals surface area contributed by atoms with Crippen LogP contribution in [0.5, 0.6) is 0 Å². The Balaban J connectivity index is 0. The first-order valence-electron chi connectivity index (χ1n) is 1.37. The standard InChI is InChI=1S/C2H3N.CH5NO/c1-2-3;1-3-2/h1H3;2H2,1H3. The molecule has 0 spiro atoms. The maximum atomic E-state index is 7.32. The van der Waals surface area contributed by atoms with Crippen LogP contribution in [0.4, 0.5) is 0 Å². The van der Waals surface area contributed by atoms with Gasteiger partial charge in [-0.15, -0.1) is 0 Å². The molecule has 0 aromatic carbocycles. The van der Waals surface area contributed by atoms with Crippen molar-refractivity contribution in [2.75, 3.05) is 7.11 Å². The van der Waals surface area contributed by atoms with Gasteiger partial charge in [-0.05, 0) is 0 Å². The van der Waals surface area contributed by atoms with Gasteiger partial charge in [-0.25, -0.2) is 5.90 Å². The van der Waals surface area contributed by atoms with Crippen LogP contribution in [-0.4, -0.2) is 7.11 Å². The van der Waals surface area contributed by atoms with E-state index in [0.717, 1.165) is 0 Å². The van der Waals surface area contributed by atoms with E-state index in [0.29, 0.717) is 0 Å². The predicted octanol–water partition coefficient (Wildman–Crippen LogP) is 0.0364. The van der Waals surface area contributed by atoms with Gasteiger partial charge in [-0.2, -0.15) is 5.26 Å². The molecule has 0 radical (unpaired) electrons. The summed E-state index contributed by atoms with van der Waals surface area (Å²) in [5.41, 5.74) is 0. The molecule has 0 fully saturated rings. The van der Waals surface area contributed by atoms with Crippen molar-refractivity contribution in [1.29, 1.82) is 5.26 Å². The molecule has 0 atom stereocenters. The Bertz CT molecular complexity index is 38.5. The lowest BCUT2D eigenvalue weighted by atomic mass is 11.0. The van der Waals surface area contributed by atoms with E-state index in [-0.39, 0.29) is 0 Å². The minimum absolute atomic E-state index is 1.40.